The van der Waals surface area contributed by atoms with Crippen molar-refractivity contribution in [2.75, 3.05) is 37.6 Å². The number of rotatable bonds is 6. The number of para-hydroxylation sites is 2. The van der Waals surface area contributed by atoms with E-state index >= 15 is 0 Å². The van der Waals surface area contributed by atoms with E-state index in [4.69, 9.17) is 0 Å². The quantitative estimate of drug-likeness (QED) is 0.570. The Kier molecular flexibility index (Phi) is 6.62. The molecule has 2 aromatic rings. The number of carbonyl (C=O) groups is 2. The summed E-state index contributed by atoms with van der Waals surface area (Å²) in [5, 5.41) is 16.5. The lowest BCUT2D eigenvalue weighted by atomic mass is 10.2. The van der Waals surface area contributed by atoms with E-state index in [-0.39, 0.29) is 18.1 Å². The zero-order chi connectivity index (χ0) is 20.6. The first-order valence-electron chi connectivity index (χ1n) is 9.36. The highest BCUT2D eigenvalue weighted by Gasteiger charge is 2.25. The molecule has 0 saturated carbocycles. The van der Waals surface area contributed by atoms with Crippen molar-refractivity contribution >= 4 is 23.3 Å². The monoisotopic (exact) mass is 397 g/mol. The molecule has 0 unspecified atom stereocenters. The first-order valence-corrected chi connectivity index (χ1v) is 9.36. The summed E-state index contributed by atoms with van der Waals surface area (Å²) in [5.74, 6) is -0.179. The van der Waals surface area contributed by atoms with Gasteiger partial charge in [-0.05, 0) is 11.6 Å². The van der Waals surface area contributed by atoms with Gasteiger partial charge < -0.3 is 20.4 Å². The number of nitrogens with one attached hydrogen (secondary N) is 2. The third-order valence-electron chi connectivity index (χ3n) is 4.75. The van der Waals surface area contributed by atoms with Gasteiger partial charge in [0.25, 0.3) is 5.69 Å². The molecule has 152 valence electrons. The first-order chi connectivity index (χ1) is 14.0. The van der Waals surface area contributed by atoms with E-state index in [0.717, 1.165) is 5.56 Å². The lowest BCUT2D eigenvalue weighted by molar-refractivity contribution is -0.384. The van der Waals surface area contributed by atoms with Gasteiger partial charge in [-0.3, -0.25) is 14.9 Å². The van der Waals surface area contributed by atoms with Crippen LogP contribution in [0.3, 0.4) is 0 Å². The number of benzene rings is 2. The predicted molar refractivity (Wildman–Crippen MR) is 109 cm³/mol. The first kappa shape index (κ1) is 20.1. The summed E-state index contributed by atoms with van der Waals surface area (Å²) in [6.45, 7) is 2.17. The van der Waals surface area contributed by atoms with Crippen molar-refractivity contribution in [1.82, 2.24) is 15.5 Å². The molecule has 1 heterocycles. The number of carbonyl (C=O) groups excluding carboxylic acids is 2. The normalized spacial score (nSPS) is 13.7. The average Bonchev–Trinajstić information content (AvgIpc) is 2.77. The van der Waals surface area contributed by atoms with E-state index in [1.54, 1.807) is 23.1 Å². The van der Waals surface area contributed by atoms with E-state index in [1.807, 2.05) is 35.2 Å². The van der Waals surface area contributed by atoms with E-state index in [0.29, 0.717) is 38.4 Å². The van der Waals surface area contributed by atoms with Crippen molar-refractivity contribution in [3.8, 4) is 0 Å². The van der Waals surface area contributed by atoms with Crippen LogP contribution in [0.25, 0.3) is 0 Å². The Morgan fingerprint density at radius 1 is 0.931 bits per heavy atom. The van der Waals surface area contributed by atoms with Crippen LogP contribution in [0.1, 0.15) is 5.56 Å². The number of anilines is 1. The van der Waals surface area contributed by atoms with Gasteiger partial charge in [0, 0.05) is 38.8 Å². The number of nitro groups is 1. The van der Waals surface area contributed by atoms with Gasteiger partial charge in [0.2, 0.25) is 5.91 Å². The molecular formula is C20H23N5O4. The Morgan fingerprint density at radius 3 is 2.28 bits per heavy atom. The van der Waals surface area contributed by atoms with Crippen molar-refractivity contribution in [1.29, 1.82) is 0 Å². The van der Waals surface area contributed by atoms with Crippen LogP contribution in [-0.2, 0) is 11.3 Å². The van der Waals surface area contributed by atoms with E-state index < -0.39 is 11.0 Å². The summed E-state index contributed by atoms with van der Waals surface area (Å²) in [4.78, 5) is 38.6. The fourth-order valence-corrected chi connectivity index (χ4v) is 3.19. The Morgan fingerprint density at radius 2 is 1.59 bits per heavy atom. The third kappa shape index (κ3) is 5.44. The summed E-state index contributed by atoms with van der Waals surface area (Å²) in [5.41, 5.74) is 1.59. The van der Waals surface area contributed by atoms with Crippen molar-refractivity contribution < 1.29 is 14.5 Å². The van der Waals surface area contributed by atoms with Gasteiger partial charge >= 0.3 is 6.03 Å². The summed E-state index contributed by atoms with van der Waals surface area (Å²) in [6.07, 6.45) is 0. The average molecular weight is 397 g/mol. The zero-order valence-electron chi connectivity index (χ0n) is 15.9. The molecule has 0 aliphatic carbocycles. The molecule has 3 amide bonds. The molecule has 9 nitrogen and oxygen atoms in total. The molecule has 0 atom stereocenters. The minimum Gasteiger partial charge on any atom is -0.362 e. The second-order valence-electron chi connectivity index (χ2n) is 6.64. The van der Waals surface area contributed by atoms with Crippen LogP contribution in [0.5, 0.6) is 0 Å². The van der Waals surface area contributed by atoms with E-state index in [9.17, 15) is 19.7 Å². The summed E-state index contributed by atoms with van der Waals surface area (Å²) < 4.78 is 0. The maximum absolute atomic E-state index is 12.4. The second kappa shape index (κ2) is 9.54. The minimum absolute atomic E-state index is 0.0593. The lowest BCUT2D eigenvalue weighted by Gasteiger charge is -2.35. The molecular weight excluding hydrogens is 374 g/mol. The maximum Gasteiger partial charge on any atom is 0.315 e. The van der Waals surface area contributed by atoms with Crippen LogP contribution in [-0.4, -0.2) is 54.5 Å². The van der Waals surface area contributed by atoms with Crippen LogP contribution in [0, 0.1) is 10.1 Å². The molecule has 1 saturated heterocycles. The molecule has 2 aromatic carbocycles. The largest absolute Gasteiger partial charge is 0.362 e. The van der Waals surface area contributed by atoms with Crippen LogP contribution >= 0.6 is 0 Å². The van der Waals surface area contributed by atoms with Gasteiger partial charge in [-0.2, -0.15) is 0 Å². The Labute approximate surface area is 168 Å². The smallest absolute Gasteiger partial charge is 0.315 e. The van der Waals surface area contributed by atoms with Crippen molar-refractivity contribution in [3.05, 3.63) is 70.3 Å². The summed E-state index contributed by atoms with van der Waals surface area (Å²) >= 11 is 0. The van der Waals surface area contributed by atoms with Crippen molar-refractivity contribution in [2.45, 2.75) is 6.54 Å². The Balaban J connectivity index is 1.43. The van der Waals surface area contributed by atoms with Gasteiger partial charge in [0.05, 0.1) is 11.5 Å². The number of amides is 3. The van der Waals surface area contributed by atoms with Gasteiger partial charge in [0.1, 0.15) is 5.69 Å². The highest BCUT2D eigenvalue weighted by Crippen LogP contribution is 2.28. The highest BCUT2D eigenvalue weighted by molar-refractivity contribution is 5.84. The van der Waals surface area contributed by atoms with Gasteiger partial charge in [-0.15, -0.1) is 0 Å². The van der Waals surface area contributed by atoms with E-state index in [2.05, 4.69) is 10.6 Å². The summed E-state index contributed by atoms with van der Waals surface area (Å²) in [7, 11) is 0. The van der Waals surface area contributed by atoms with Gasteiger partial charge in [-0.1, -0.05) is 42.5 Å². The third-order valence-corrected chi connectivity index (χ3v) is 4.75. The number of piperazine rings is 1. The molecule has 2 N–H and O–H groups in total. The molecule has 1 fully saturated rings. The van der Waals surface area contributed by atoms with E-state index in [1.165, 1.54) is 6.07 Å². The fraction of sp³-hybridized carbons (Fsp3) is 0.300. The standard InChI is InChI=1S/C20H23N5O4/c26-19(15-22-20(27)21-14-16-6-2-1-3-7-16)24-12-10-23(11-13-24)17-8-4-5-9-18(17)25(28)29/h1-9H,10-15H2,(H2,21,22,27). The van der Waals surface area contributed by atoms with Crippen molar-refractivity contribution in [2.24, 2.45) is 0 Å². The number of hydrogen-bond donors (Lipinski definition) is 2. The predicted octanol–water partition coefficient (Wildman–Crippen LogP) is 1.74. The maximum atomic E-state index is 12.4. The minimum atomic E-state index is -0.402. The lowest BCUT2D eigenvalue weighted by Crippen LogP contribution is -2.52. The molecule has 0 radical (unpaired) electrons. The number of nitro benzene ring substituents is 1. The number of nitrogens with zero attached hydrogens (tertiary/aromatic N) is 3. The molecule has 0 aromatic heterocycles. The van der Waals surface area contributed by atoms with Gasteiger partial charge in [-0.25, -0.2) is 4.79 Å². The highest BCUT2D eigenvalue weighted by atomic mass is 16.6. The summed E-state index contributed by atoms with van der Waals surface area (Å²) in [6, 6.07) is 15.7. The zero-order valence-corrected chi connectivity index (χ0v) is 15.9. The molecule has 1 aliphatic rings. The topological polar surface area (TPSA) is 108 Å². The second-order valence-corrected chi connectivity index (χ2v) is 6.64. The number of hydrogen-bond acceptors (Lipinski definition) is 5. The molecule has 3 rings (SSSR count). The molecule has 9 heteroatoms. The Bertz CT molecular complexity index is 866. The van der Waals surface area contributed by atoms with Crippen molar-refractivity contribution in [3.63, 3.8) is 0 Å². The molecule has 29 heavy (non-hydrogen) atoms. The molecule has 0 bridgehead atoms. The molecule has 0 spiro atoms. The fourth-order valence-electron chi connectivity index (χ4n) is 3.19. The number of urea groups is 1. The van der Waals surface area contributed by atoms with Crippen LogP contribution in [0.2, 0.25) is 0 Å². The SMILES string of the molecule is O=C(NCC(=O)N1CCN(c2ccccc2[N+](=O)[O-])CC1)NCc1ccccc1. The van der Waals surface area contributed by atoms with Crippen LogP contribution in [0.15, 0.2) is 54.6 Å². The van der Waals surface area contributed by atoms with Crippen LogP contribution < -0.4 is 15.5 Å². The Hall–Kier alpha value is -3.62. The van der Waals surface area contributed by atoms with Gasteiger partial charge in [0.15, 0.2) is 0 Å². The van der Waals surface area contributed by atoms with Crippen LogP contribution in [0.4, 0.5) is 16.2 Å². The molecule has 1 aliphatic heterocycles.